The summed E-state index contributed by atoms with van der Waals surface area (Å²) in [5.74, 6) is 5.09. The molecule has 0 saturated carbocycles. The number of hydrogen-bond donors (Lipinski definition) is 3. The fraction of sp³-hybridized carbons (Fsp3) is 0.0833. The van der Waals surface area contributed by atoms with Crippen LogP contribution in [-0.4, -0.2) is 4.98 Å². The first-order valence-corrected chi connectivity index (χ1v) is 7.16. The highest BCUT2D eigenvalue weighted by Gasteiger charge is 2.31. The molecule has 0 unspecified atom stereocenters. The number of benzene rings is 1. The molecule has 1 aromatic heterocycles. The number of halogens is 5. The molecule has 0 aliphatic heterocycles. The molecule has 1 aromatic carbocycles. The van der Waals surface area contributed by atoms with Crippen LogP contribution in [0.1, 0.15) is 5.56 Å². The summed E-state index contributed by atoms with van der Waals surface area (Å²) in [5, 5.41) is 2.82. The molecule has 0 saturated heterocycles. The van der Waals surface area contributed by atoms with Crippen LogP contribution in [-0.2, 0) is 6.18 Å². The molecule has 2 rings (SSSR count). The highest BCUT2D eigenvalue weighted by molar-refractivity contribution is 9.11. The Morgan fingerprint density at radius 1 is 1.05 bits per heavy atom. The number of hydrogen-bond acceptors (Lipinski definition) is 4. The number of nitrogens with zero attached hydrogens (tertiary/aromatic N) is 1. The van der Waals surface area contributed by atoms with Crippen molar-refractivity contribution in [3.63, 3.8) is 0 Å². The van der Waals surface area contributed by atoms with E-state index in [1.54, 1.807) is 18.2 Å². The molecule has 4 nitrogen and oxygen atoms in total. The Hall–Kier alpha value is -1.32. The van der Waals surface area contributed by atoms with Gasteiger partial charge >= 0.3 is 6.18 Å². The van der Waals surface area contributed by atoms with Crippen LogP contribution in [0.15, 0.2) is 39.3 Å². The Kier molecular flexibility index (Phi) is 4.74. The number of nitrogens with two attached hydrogens (primary N) is 1. The minimum Gasteiger partial charge on any atom is -0.339 e. The quantitative estimate of drug-likeness (QED) is 0.494. The van der Waals surface area contributed by atoms with Crippen molar-refractivity contribution in [3.8, 4) is 0 Å². The van der Waals surface area contributed by atoms with Crippen LogP contribution < -0.4 is 16.6 Å². The highest BCUT2D eigenvalue weighted by atomic mass is 79.9. The SMILES string of the molecule is NNc1cc(C(F)(F)F)cc(Nc2cc(Br)ccc2Br)n1. The predicted octanol–water partition coefficient (Wildman–Crippen LogP) is 4.65. The maximum Gasteiger partial charge on any atom is 0.416 e. The van der Waals surface area contributed by atoms with E-state index in [2.05, 4.69) is 47.6 Å². The lowest BCUT2D eigenvalue weighted by Gasteiger charge is -2.13. The molecule has 0 atom stereocenters. The first-order chi connectivity index (χ1) is 9.79. The second-order valence-electron chi connectivity index (χ2n) is 4.02. The molecule has 0 bridgehead atoms. The van der Waals surface area contributed by atoms with Gasteiger partial charge in [-0.05, 0) is 46.3 Å². The van der Waals surface area contributed by atoms with Gasteiger partial charge in [0.25, 0.3) is 0 Å². The largest absolute Gasteiger partial charge is 0.416 e. The smallest absolute Gasteiger partial charge is 0.339 e. The molecule has 1 heterocycles. The first-order valence-electron chi connectivity index (χ1n) is 5.57. The maximum atomic E-state index is 12.8. The molecule has 9 heteroatoms. The van der Waals surface area contributed by atoms with Crippen molar-refractivity contribution in [3.05, 3.63) is 44.8 Å². The van der Waals surface area contributed by atoms with Gasteiger partial charge in [-0.15, -0.1) is 0 Å². The lowest BCUT2D eigenvalue weighted by Crippen LogP contribution is -2.13. The molecule has 0 aliphatic carbocycles. The monoisotopic (exact) mass is 424 g/mol. The predicted molar refractivity (Wildman–Crippen MR) is 82.2 cm³/mol. The summed E-state index contributed by atoms with van der Waals surface area (Å²) >= 11 is 6.60. The molecule has 0 fully saturated rings. The minimum absolute atomic E-state index is 0.0246. The summed E-state index contributed by atoms with van der Waals surface area (Å²) < 4.78 is 39.9. The Balaban J connectivity index is 2.42. The van der Waals surface area contributed by atoms with Crippen LogP contribution >= 0.6 is 31.9 Å². The second-order valence-corrected chi connectivity index (χ2v) is 5.79. The zero-order chi connectivity index (χ0) is 15.6. The van der Waals surface area contributed by atoms with E-state index in [4.69, 9.17) is 5.84 Å². The number of anilines is 3. The van der Waals surface area contributed by atoms with E-state index in [-0.39, 0.29) is 11.6 Å². The van der Waals surface area contributed by atoms with E-state index in [9.17, 15) is 13.2 Å². The van der Waals surface area contributed by atoms with Crippen molar-refractivity contribution in [2.24, 2.45) is 5.84 Å². The Morgan fingerprint density at radius 3 is 2.33 bits per heavy atom. The maximum absolute atomic E-state index is 12.8. The average molecular weight is 426 g/mol. The third kappa shape index (κ3) is 4.08. The standard InChI is InChI=1S/C12H9Br2F3N4/c13-7-1-2-8(14)9(5-7)19-10-3-6(12(15,16)17)4-11(20-10)21-18/h1-5H,18H2,(H2,19,20,21). The van der Waals surface area contributed by atoms with Crippen molar-refractivity contribution < 1.29 is 13.2 Å². The van der Waals surface area contributed by atoms with Crippen molar-refractivity contribution >= 4 is 49.2 Å². The van der Waals surface area contributed by atoms with Gasteiger partial charge in [0.05, 0.1) is 11.3 Å². The van der Waals surface area contributed by atoms with Crippen molar-refractivity contribution in [1.29, 1.82) is 0 Å². The third-order valence-electron chi connectivity index (χ3n) is 2.49. The van der Waals surface area contributed by atoms with Crippen molar-refractivity contribution in [2.45, 2.75) is 6.18 Å². The van der Waals surface area contributed by atoms with Gasteiger partial charge in [0, 0.05) is 8.95 Å². The summed E-state index contributed by atoms with van der Waals surface area (Å²) in [6, 6.07) is 7.00. The number of nitrogen functional groups attached to an aromatic ring is 1. The van der Waals surface area contributed by atoms with Gasteiger partial charge in [0.1, 0.15) is 11.6 Å². The van der Waals surface area contributed by atoms with E-state index in [0.717, 1.165) is 16.6 Å². The Labute approximate surface area is 135 Å². The molecule has 0 aliphatic rings. The van der Waals surface area contributed by atoms with Crippen molar-refractivity contribution in [2.75, 3.05) is 10.7 Å². The number of nitrogens with one attached hydrogen (secondary N) is 2. The van der Waals surface area contributed by atoms with E-state index in [0.29, 0.717) is 10.2 Å². The Bertz CT molecular complexity index is 661. The van der Waals surface area contributed by atoms with Crippen LogP contribution in [0.5, 0.6) is 0 Å². The number of pyridine rings is 1. The van der Waals surface area contributed by atoms with Gasteiger partial charge in [0.2, 0.25) is 0 Å². The molecule has 2 aromatic rings. The summed E-state index contributed by atoms with van der Waals surface area (Å²) in [7, 11) is 0. The molecule has 21 heavy (non-hydrogen) atoms. The first kappa shape index (κ1) is 16.1. The van der Waals surface area contributed by atoms with Crippen molar-refractivity contribution in [1.82, 2.24) is 4.98 Å². The van der Waals surface area contributed by atoms with Crippen LogP contribution in [0.3, 0.4) is 0 Å². The lowest BCUT2D eigenvalue weighted by atomic mass is 10.2. The third-order valence-corrected chi connectivity index (χ3v) is 3.68. The molecule has 0 radical (unpaired) electrons. The zero-order valence-corrected chi connectivity index (χ0v) is 13.5. The zero-order valence-electron chi connectivity index (χ0n) is 10.3. The average Bonchev–Trinajstić information content (AvgIpc) is 2.41. The molecule has 4 N–H and O–H groups in total. The van der Waals surface area contributed by atoms with Crippen LogP contribution in [0.25, 0.3) is 0 Å². The van der Waals surface area contributed by atoms with E-state index in [1.165, 1.54) is 0 Å². The highest BCUT2D eigenvalue weighted by Crippen LogP contribution is 2.34. The van der Waals surface area contributed by atoms with Gasteiger partial charge < -0.3 is 10.7 Å². The number of rotatable bonds is 3. The topological polar surface area (TPSA) is 63.0 Å². The minimum atomic E-state index is -4.49. The van der Waals surface area contributed by atoms with E-state index < -0.39 is 11.7 Å². The molecule has 0 amide bonds. The van der Waals surface area contributed by atoms with Crippen LogP contribution in [0.2, 0.25) is 0 Å². The fourth-order valence-corrected chi connectivity index (χ4v) is 2.27. The van der Waals surface area contributed by atoms with Gasteiger partial charge in [-0.25, -0.2) is 10.8 Å². The summed E-state index contributed by atoms with van der Waals surface area (Å²) in [5.41, 5.74) is 1.84. The molecule has 112 valence electrons. The molecule has 0 spiro atoms. The summed E-state index contributed by atoms with van der Waals surface area (Å²) in [6.07, 6.45) is -4.49. The number of aromatic nitrogens is 1. The fourth-order valence-electron chi connectivity index (χ4n) is 1.56. The van der Waals surface area contributed by atoms with E-state index >= 15 is 0 Å². The van der Waals surface area contributed by atoms with E-state index in [1.807, 2.05) is 0 Å². The second kappa shape index (κ2) is 6.20. The molecular formula is C12H9Br2F3N4. The molecular weight excluding hydrogens is 417 g/mol. The van der Waals surface area contributed by atoms with Crippen LogP contribution in [0.4, 0.5) is 30.5 Å². The lowest BCUT2D eigenvalue weighted by molar-refractivity contribution is -0.137. The Morgan fingerprint density at radius 2 is 1.71 bits per heavy atom. The normalized spacial score (nSPS) is 11.3. The van der Waals surface area contributed by atoms with Crippen LogP contribution in [0, 0.1) is 0 Å². The summed E-state index contributed by atoms with van der Waals surface area (Å²) in [4.78, 5) is 3.95. The van der Waals surface area contributed by atoms with Gasteiger partial charge in [-0.1, -0.05) is 15.9 Å². The number of hydrazine groups is 1. The van der Waals surface area contributed by atoms with Gasteiger partial charge in [0.15, 0.2) is 0 Å². The number of alkyl halides is 3. The van der Waals surface area contributed by atoms with Gasteiger partial charge in [-0.2, -0.15) is 13.2 Å². The summed E-state index contributed by atoms with van der Waals surface area (Å²) in [6.45, 7) is 0. The van der Waals surface area contributed by atoms with Gasteiger partial charge in [-0.3, -0.25) is 0 Å².